The number of hydrogen-bond donors (Lipinski definition) is 3. The molecule has 0 atom stereocenters. The predicted molar refractivity (Wildman–Crippen MR) is 74.2 cm³/mol. The number of anilines is 1. The van der Waals surface area contributed by atoms with Gasteiger partial charge in [0.2, 0.25) is 5.91 Å². The minimum Gasteiger partial charge on any atom is -0.492 e. The van der Waals surface area contributed by atoms with Gasteiger partial charge in [0.25, 0.3) is 5.91 Å². The Balaban J connectivity index is 1.71. The van der Waals surface area contributed by atoms with Gasteiger partial charge in [-0.1, -0.05) is 6.07 Å². The minimum atomic E-state index is -0.291. The lowest BCUT2D eigenvalue weighted by Crippen LogP contribution is -2.38. The Labute approximate surface area is 116 Å². The molecule has 7 heteroatoms. The van der Waals surface area contributed by atoms with Crippen LogP contribution in [0.1, 0.15) is 12.8 Å². The number of rotatable bonds is 5. The Hall–Kier alpha value is -2.57. The summed E-state index contributed by atoms with van der Waals surface area (Å²) in [5.41, 5.74) is 8.85. The molecule has 7 nitrogen and oxygen atoms in total. The molecule has 20 heavy (non-hydrogen) atoms. The number of nitrogens with one attached hydrogen (secondary N) is 2. The number of nitrogen functional groups attached to an aromatic ring is 1. The van der Waals surface area contributed by atoms with Gasteiger partial charge >= 0.3 is 0 Å². The number of amides is 2. The zero-order valence-electron chi connectivity index (χ0n) is 10.9. The van der Waals surface area contributed by atoms with Gasteiger partial charge in [0.1, 0.15) is 18.1 Å². The molecule has 2 amide bonds. The molecule has 1 aromatic carbocycles. The van der Waals surface area contributed by atoms with E-state index in [-0.39, 0.29) is 18.2 Å². The average molecular weight is 276 g/mol. The second-order valence-corrected chi connectivity index (χ2v) is 4.27. The summed E-state index contributed by atoms with van der Waals surface area (Å²) in [5, 5.41) is 6.38. The van der Waals surface area contributed by atoms with Gasteiger partial charge in [-0.15, -0.1) is 0 Å². The van der Waals surface area contributed by atoms with E-state index in [4.69, 9.17) is 10.5 Å². The van der Waals surface area contributed by atoms with E-state index < -0.39 is 0 Å². The number of carbonyl (C=O) groups is 2. The Kier molecular flexibility index (Phi) is 4.54. The maximum Gasteiger partial charge on any atom is 0.267 e. The maximum atomic E-state index is 11.7. The molecule has 0 radical (unpaired) electrons. The van der Waals surface area contributed by atoms with Crippen LogP contribution in [0.15, 0.2) is 29.4 Å². The number of hydrazone groups is 1. The molecule has 0 saturated carbocycles. The third-order valence-electron chi connectivity index (χ3n) is 2.68. The highest BCUT2D eigenvalue weighted by atomic mass is 16.5. The monoisotopic (exact) mass is 276 g/mol. The smallest absolute Gasteiger partial charge is 0.267 e. The number of ether oxygens (including phenoxy) is 1. The van der Waals surface area contributed by atoms with Gasteiger partial charge in [-0.25, -0.2) is 5.43 Å². The van der Waals surface area contributed by atoms with Crippen molar-refractivity contribution in [1.29, 1.82) is 0 Å². The highest BCUT2D eigenvalue weighted by Crippen LogP contribution is 2.13. The van der Waals surface area contributed by atoms with E-state index in [0.717, 1.165) is 0 Å². The number of benzene rings is 1. The second kappa shape index (κ2) is 6.55. The summed E-state index contributed by atoms with van der Waals surface area (Å²) in [4.78, 5) is 22.6. The molecule has 1 aliphatic heterocycles. The predicted octanol–water partition coefficient (Wildman–Crippen LogP) is 0.0298. The van der Waals surface area contributed by atoms with Gasteiger partial charge < -0.3 is 15.8 Å². The fourth-order valence-electron chi connectivity index (χ4n) is 1.68. The summed E-state index contributed by atoms with van der Waals surface area (Å²) in [6, 6.07) is 7.06. The first kappa shape index (κ1) is 13.9. The molecule has 0 spiro atoms. The highest BCUT2D eigenvalue weighted by molar-refractivity contribution is 6.39. The number of nitrogens with two attached hydrogens (primary N) is 1. The first-order valence-electron chi connectivity index (χ1n) is 6.27. The highest BCUT2D eigenvalue weighted by Gasteiger charge is 2.17. The number of carbonyl (C=O) groups excluding carboxylic acids is 2. The van der Waals surface area contributed by atoms with E-state index in [1.54, 1.807) is 24.3 Å². The van der Waals surface area contributed by atoms with Crippen molar-refractivity contribution >= 4 is 23.2 Å². The van der Waals surface area contributed by atoms with Crippen molar-refractivity contribution in [3.05, 3.63) is 24.3 Å². The third-order valence-corrected chi connectivity index (χ3v) is 2.68. The quantitative estimate of drug-likeness (QED) is 0.521. The van der Waals surface area contributed by atoms with Gasteiger partial charge in [0.15, 0.2) is 0 Å². The van der Waals surface area contributed by atoms with Crippen LogP contribution in [-0.4, -0.2) is 30.7 Å². The molecule has 0 saturated heterocycles. The first-order chi connectivity index (χ1) is 9.65. The van der Waals surface area contributed by atoms with Gasteiger partial charge in [0, 0.05) is 24.6 Å². The molecular formula is C13H16N4O3. The molecule has 4 N–H and O–H groups in total. The normalized spacial score (nSPS) is 14.2. The van der Waals surface area contributed by atoms with Crippen LogP contribution in [-0.2, 0) is 9.59 Å². The third kappa shape index (κ3) is 3.98. The molecular weight excluding hydrogens is 260 g/mol. The molecule has 1 aliphatic rings. The van der Waals surface area contributed by atoms with Crippen LogP contribution in [0.3, 0.4) is 0 Å². The van der Waals surface area contributed by atoms with Crippen LogP contribution < -0.4 is 21.2 Å². The summed E-state index contributed by atoms with van der Waals surface area (Å²) in [5.74, 6) is 0.189. The zero-order chi connectivity index (χ0) is 14.4. The Morgan fingerprint density at radius 3 is 3.00 bits per heavy atom. The van der Waals surface area contributed by atoms with Crippen molar-refractivity contribution in [1.82, 2.24) is 10.7 Å². The molecule has 1 aromatic rings. The lowest BCUT2D eigenvalue weighted by molar-refractivity contribution is -0.121. The van der Waals surface area contributed by atoms with Crippen LogP contribution in [0, 0.1) is 0 Å². The van der Waals surface area contributed by atoms with Gasteiger partial charge in [-0.2, -0.15) is 5.10 Å². The molecule has 0 aromatic heterocycles. The summed E-state index contributed by atoms with van der Waals surface area (Å²) in [7, 11) is 0. The summed E-state index contributed by atoms with van der Waals surface area (Å²) in [6.45, 7) is 0.676. The molecule has 0 aliphatic carbocycles. The lowest BCUT2D eigenvalue weighted by atomic mass is 10.1. The Bertz CT molecular complexity index is 542. The Morgan fingerprint density at radius 1 is 1.45 bits per heavy atom. The summed E-state index contributed by atoms with van der Waals surface area (Å²) < 4.78 is 5.44. The summed E-state index contributed by atoms with van der Waals surface area (Å²) >= 11 is 0. The topological polar surface area (TPSA) is 106 Å². The van der Waals surface area contributed by atoms with E-state index in [1.165, 1.54) is 0 Å². The average Bonchev–Trinajstić information content (AvgIpc) is 2.44. The fourth-order valence-corrected chi connectivity index (χ4v) is 1.68. The van der Waals surface area contributed by atoms with Crippen molar-refractivity contribution in [3.63, 3.8) is 0 Å². The van der Waals surface area contributed by atoms with Crippen molar-refractivity contribution < 1.29 is 14.3 Å². The van der Waals surface area contributed by atoms with Gasteiger partial charge in [-0.3, -0.25) is 9.59 Å². The molecule has 1 heterocycles. The first-order valence-corrected chi connectivity index (χ1v) is 6.27. The van der Waals surface area contributed by atoms with Crippen molar-refractivity contribution in [2.24, 2.45) is 5.10 Å². The molecule has 0 fully saturated rings. The SMILES string of the molecule is Nc1cccc(OCCNC(=O)C2=NNC(=O)CC2)c1. The fraction of sp³-hybridized carbons (Fsp3) is 0.308. The van der Waals surface area contributed by atoms with E-state index in [2.05, 4.69) is 15.8 Å². The van der Waals surface area contributed by atoms with Gasteiger partial charge in [0.05, 0.1) is 6.54 Å². The van der Waals surface area contributed by atoms with Gasteiger partial charge in [-0.05, 0) is 12.1 Å². The standard InChI is InChI=1S/C13H16N4O3/c14-9-2-1-3-10(8-9)20-7-6-15-13(19)11-4-5-12(18)17-16-11/h1-3,8H,4-7,14H2,(H,15,19)(H,17,18). The minimum absolute atomic E-state index is 0.174. The second-order valence-electron chi connectivity index (χ2n) is 4.27. The van der Waals surface area contributed by atoms with Crippen molar-refractivity contribution in [2.45, 2.75) is 12.8 Å². The number of hydrogen-bond acceptors (Lipinski definition) is 5. The zero-order valence-corrected chi connectivity index (χ0v) is 10.9. The van der Waals surface area contributed by atoms with Crippen LogP contribution >= 0.6 is 0 Å². The van der Waals surface area contributed by atoms with E-state index in [0.29, 0.717) is 36.7 Å². The number of nitrogens with zero attached hydrogens (tertiary/aromatic N) is 1. The van der Waals surface area contributed by atoms with Crippen LogP contribution in [0.4, 0.5) is 5.69 Å². The van der Waals surface area contributed by atoms with E-state index in [1.807, 2.05) is 0 Å². The molecule has 106 valence electrons. The van der Waals surface area contributed by atoms with Crippen LogP contribution in [0.2, 0.25) is 0 Å². The summed E-state index contributed by atoms with van der Waals surface area (Å²) in [6.07, 6.45) is 0.639. The maximum absolute atomic E-state index is 11.7. The van der Waals surface area contributed by atoms with Crippen molar-refractivity contribution in [3.8, 4) is 5.75 Å². The van der Waals surface area contributed by atoms with E-state index >= 15 is 0 Å². The molecule has 0 bridgehead atoms. The Morgan fingerprint density at radius 2 is 2.30 bits per heavy atom. The van der Waals surface area contributed by atoms with Crippen LogP contribution in [0.25, 0.3) is 0 Å². The van der Waals surface area contributed by atoms with E-state index in [9.17, 15) is 9.59 Å². The lowest BCUT2D eigenvalue weighted by Gasteiger charge is -2.12. The largest absolute Gasteiger partial charge is 0.492 e. The molecule has 2 rings (SSSR count). The molecule has 0 unspecified atom stereocenters. The van der Waals surface area contributed by atoms with Crippen LogP contribution in [0.5, 0.6) is 5.75 Å². The van der Waals surface area contributed by atoms with Crippen molar-refractivity contribution in [2.75, 3.05) is 18.9 Å².